The molecule has 0 unspecified atom stereocenters. The van der Waals surface area contributed by atoms with Crippen LogP contribution in [0.4, 0.5) is 5.82 Å². The molecule has 0 aliphatic carbocycles. The van der Waals surface area contributed by atoms with E-state index in [1.165, 1.54) is 44.7 Å². The lowest BCUT2D eigenvalue weighted by molar-refractivity contribution is 0.574. The number of aromatic amines is 1. The minimum atomic E-state index is -0.303. The van der Waals surface area contributed by atoms with E-state index in [9.17, 15) is 4.79 Å². The fourth-order valence-corrected chi connectivity index (χ4v) is 2.02. The number of anilines is 1. The Kier molecular flexibility index (Phi) is 8.72. The number of rotatable bonds is 11. The van der Waals surface area contributed by atoms with Crippen LogP contribution in [-0.4, -0.2) is 23.1 Å². The van der Waals surface area contributed by atoms with Crippen molar-refractivity contribution in [2.45, 2.75) is 51.4 Å². The highest BCUT2D eigenvalue weighted by atomic mass is 16.1. The fraction of sp³-hybridized carbons (Fsp3) is 0.714. The third-order valence-electron chi connectivity index (χ3n) is 3.12. The standard InChI is InChI=1S/C14H26N4O/c15-10-7-5-3-1-2-4-6-8-11-16-13-9-12-17-14(19)18-13/h9,12H,1-8,10-11,15H2,(H2,16,17,18,19). The van der Waals surface area contributed by atoms with Gasteiger partial charge in [0.1, 0.15) is 5.82 Å². The molecule has 0 aliphatic rings. The second kappa shape index (κ2) is 10.6. The van der Waals surface area contributed by atoms with E-state index in [4.69, 9.17) is 5.73 Å². The third kappa shape index (κ3) is 8.37. The predicted octanol–water partition coefficient (Wildman–Crippen LogP) is 2.26. The van der Waals surface area contributed by atoms with Gasteiger partial charge in [-0.2, -0.15) is 0 Å². The highest BCUT2D eigenvalue weighted by molar-refractivity contribution is 5.31. The van der Waals surface area contributed by atoms with E-state index in [0.29, 0.717) is 0 Å². The molecule has 19 heavy (non-hydrogen) atoms. The van der Waals surface area contributed by atoms with Crippen LogP contribution in [0.3, 0.4) is 0 Å². The van der Waals surface area contributed by atoms with Crippen molar-refractivity contribution in [1.82, 2.24) is 9.97 Å². The molecule has 4 N–H and O–H groups in total. The molecule has 0 saturated heterocycles. The lowest BCUT2D eigenvalue weighted by Gasteiger charge is -2.05. The Hall–Kier alpha value is -1.36. The number of nitrogens with zero attached hydrogens (tertiary/aromatic N) is 1. The van der Waals surface area contributed by atoms with Crippen LogP contribution in [0, 0.1) is 0 Å². The van der Waals surface area contributed by atoms with Crippen LogP contribution in [-0.2, 0) is 0 Å². The molecule has 0 saturated carbocycles. The molecule has 0 spiro atoms. The molecular formula is C14H26N4O. The van der Waals surface area contributed by atoms with Gasteiger partial charge in [0, 0.05) is 12.7 Å². The van der Waals surface area contributed by atoms with Crippen LogP contribution in [0.15, 0.2) is 17.1 Å². The number of unbranched alkanes of at least 4 members (excludes halogenated alkanes) is 7. The summed E-state index contributed by atoms with van der Waals surface area (Å²) in [4.78, 5) is 17.2. The number of nitrogens with two attached hydrogens (primary N) is 1. The quantitative estimate of drug-likeness (QED) is 0.536. The van der Waals surface area contributed by atoms with Crippen molar-refractivity contribution in [2.75, 3.05) is 18.4 Å². The number of aromatic nitrogens is 2. The van der Waals surface area contributed by atoms with Crippen molar-refractivity contribution in [2.24, 2.45) is 5.73 Å². The number of nitrogens with one attached hydrogen (secondary N) is 2. The first kappa shape index (κ1) is 15.7. The lowest BCUT2D eigenvalue weighted by atomic mass is 10.1. The highest BCUT2D eigenvalue weighted by Gasteiger charge is 1.94. The zero-order valence-electron chi connectivity index (χ0n) is 11.7. The third-order valence-corrected chi connectivity index (χ3v) is 3.12. The Bertz CT molecular complexity index is 378. The summed E-state index contributed by atoms with van der Waals surface area (Å²) in [5.74, 6) is 0.752. The largest absolute Gasteiger partial charge is 0.371 e. The van der Waals surface area contributed by atoms with E-state index in [0.717, 1.165) is 31.7 Å². The Morgan fingerprint density at radius 2 is 1.68 bits per heavy atom. The van der Waals surface area contributed by atoms with Gasteiger partial charge < -0.3 is 11.1 Å². The summed E-state index contributed by atoms with van der Waals surface area (Å²) >= 11 is 0. The summed E-state index contributed by atoms with van der Waals surface area (Å²) in [7, 11) is 0. The van der Waals surface area contributed by atoms with Gasteiger partial charge in [0.2, 0.25) is 0 Å². The van der Waals surface area contributed by atoms with E-state index >= 15 is 0 Å². The summed E-state index contributed by atoms with van der Waals surface area (Å²) in [5, 5.41) is 3.19. The summed E-state index contributed by atoms with van der Waals surface area (Å²) in [5.41, 5.74) is 5.15. The maximum Gasteiger partial charge on any atom is 0.346 e. The van der Waals surface area contributed by atoms with Gasteiger partial charge in [-0.1, -0.05) is 38.5 Å². The van der Waals surface area contributed by atoms with Crippen molar-refractivity contribution in [3.63, 3.8) is 0 Å². The summed E-state index contributed by atoms with van der Waals surface area (Å²) in [6, 6.07) is 1.78. The fourth-order valence-electron chi connectivity index (χ4n) is 2.02. The molecule has 1 rings (SSSR count). The van der Waals surface area contributed by atoms with Crippen molar-refractivity contribution in [3.8, 4) is 0 Å². The van der Waals surface area contributed by atoms with Crippen LogP contribution in [0.1, 0.15) is 51.4 Å². The maximum absolute atomic E-state index is 11.0. The van der Waals surface area contributed by atoms with E-state index in [2.05, 4.69) is 15.3 Å². The van der Waals surface area contributed by atoms with Gasteiger partial charge in [-0.3, -0.25) is 4.98 Å². The summed E-state index contributed by atoms with van der Waals surface area (Å²) in [6.45, 7) is 1.72. The van der Waals surface area contributed by atoms with Gasteiger partial charge in [-0.15, -0.1) is 0 Å². The van der Waals surface area contributed by atoms with Crippen molar-refractivity contribution in [3.05, 3.63) is 22.7 Å². The Morgan fingerprint density at radius 1 is 1.05 bits per heavy atom. The molecule has 1 aromatic heterocycles. The van der Waals surface area contributed by atoms with E-state index in [1.807, 2.05) is 0 Å². The maximum atomic E-state index is 11.0. The van der Waals surface area contributed by atoms with Crippen molar-refractivity contribution in [1.29, 1.82) is 0 Å². The number of hydrogen-bond acceptors (Lipinski definition) is 4. The van der Waals surface area contributed by atoms with E-state index in [-0.39, 0.29) is 5.69 Å². The molecule has 0 aliphatic heterocycles. The number of hydrogen-bond donors (Lipinski definition) is 3. The minimum Gasteiger partial charge on any atom is -0.371 e. The normalized spacial score (nSPS) is 10.6. The second-order valence-corrected chi connectivity index (χ2v) is 4.83. The first-order valence-corrected chi connectivity index (χ1v) is 7.32. The zero-order valence-corrected chi connectivity index (χ0v) is 11.7. The molecule has 0 atom stereocenters. The van der Waals surface area contributed by atoms with Gasteiger partial charge >= 0.3 is 5.69 Å². The van der Waals surface area contributed by atoms with Gasteiger partial charge in [-0.25, -0.2) is 9.78 Å². The monoisotopic (exact) mass is 266 g/mol. The van der Waals surface area contributed by atoms with Crippen LogP contribution in [0.5, 0.6) is 0 Å². The Labute approximate surface area is 115 Å². The molecule has 0 fully saturated rings. The molecule has 1 heterocycles. The molecule has 108 valence electrons. The summed E-state index contributed by atoms with van der Waals surface area (Å²) < 4.78 is 0. The van der Waals surface area contributed by atoms with Crippen LogP contribution < -0.4 is 16.7 Å². The molecule has 0 aromatic carbocycles. The first-order valence-electron chi connectivity index (χ1n) is 7.32. The van der Waals surface area contributed by atoms with Gasteiger partial charge in [0.05, 0.1) is 0 Å². The van der Waals surface area contributed by atoms with E-state index < -0.39 is 0 Å². The van der Waals surface area contributed by atoms with Crippen LogP contribution in [0.25, 0.3) is 0 Å². The predicted molar refractivity (Wildman–Crippen MR) is 79.3 cm³/mol. The smallest absolute Gasteiger partial charge is 0.346 e. The van der Waals surface area contributed by atoms with Crippen LogP contribution in [0.2, 0.25) is 0 Å². The Morgan fingerprint density at radius 3 is 2.32 bits per heavy atom. The molecular weight excluding hydrogens is 240 g/mol. The topological polar surface area (TPSA) is 83.8 Å². The minimum absolute atomic E-state index is 0.303. The summed E-state index contributed by atoms with van der Waals surface area (Å²) in [6.07, 6.45) is 11.6. The average Bonchev–Trinajstić information content (AvgIpc) is 2.41. The first-order chi connectivity index (χ1) is 9.33. The average molecular weight is 266 g/mol. The number of H-pyrrole nitrogens is 1. The molecule has 5 heteroatoms. The second-order valence-electron chi connectivity index (χ2n) is 4.83. The molecule has 0 radical (unpaired) electrons. The van der Waals surface area contributed by atoms with Crippen molar-refractivity contribution >= 4 is 5.82 Å². The molecule has 0 bridgehead atoms. The van der Waals surface area contributed by atoms with Crippen molar-refractivity contribution < 1.29 is 0 Å². The lowest BCUT2D eigenvalue weighted by Crippen LogP contribution is -2.13. The van der Waals surface area contributed by atoms with Crippen LogP contribution >= 0.6 is 0 Å². The molecule has 1 aromatic rings. The van der Waals surface area contributed by atoms with Gasteiger partial charge in [-0.05, 0) is 25.5 Å². The van der Waals surface area contributed by atoms with E-state index in [1.54, 1.807) is 6.07 Å². The SMILES string of the molecule is NCCCCCCCCCCNc1ccnc(=O)[nH]1. The highest BCUT2D eigenvalue weighted by Crippen LogP contribution is 2.08. The van der Waals surface area contributed by atoms with Gasteiger partial charge in [0.25, 0.3) is 0 Å². The molecule has 5 nitrogen and oxygen atoms in total. The van der Waals surface area contributed by atoms with Gasteiger partial charge in [0.15, 0.2) is 0 Å². The Balaban J connectivity index is 1.90. The zero-order chi connectivity index (χ0) is 13.8. The molecule has 0 amide bonds.